The molecule has 0 radical (unpaired) electrons. The number of Topliss-reactive ketones (excluding diaryl/α,β-unsaturated/α-hetero) is 1. The van der Waals surface area contributed by atoms with E-state index in [1.807, 2.05) is 0 Å². The zero-order valence-electron chi connectivity index (χ0n) is 12.5. The van der Waals surface area contributed by atoms with Crippen LogP contribution in [0.4, 0.5) is 13.2 Å². The zero-order chi connectivity index (χ0) is 18.0. The summed E-state index contributed by atoms with van der Waals surface area (Å²) in [5.41, 5.74) is -0.266. The first kappa shape index (κ1) is 17.1. The van der Waals surface area contributed by atoms with Gasteiger partial charge in [0.25, 0.3) is 0 Å². The molecular weight excluding hydrogens is 357 g/mol. The second-order valence-corrected chi connectivity index (χ2v) is 5.59. The van der Waals surface area contributed by atoms with E-state index in [9.17, 15) is 18.0 Å². The molecule has 0 aliphatic heterocycles. The van der Waals surface area contributed by atoms with Gasteiger partial charge in [-0.1, -0.05) is 35.9 Å². The van der Waals surface area contributed by atoms with Crippen LogP contribution >= 0.6 is 11.6 Å². The lowest BCUT2D eigenvalue weighted by Gasteiger charge is -2.06. The van der Waals surface area contributed by atoms with Crippen molar-refractivity contribution in [3.05, 3.63) is 64.7 Å². The molecule has 1 aromatic heterocycles. The molecule has 0 bridgehead atoms. The summed E-state index contributed by atoms with van der Waals surface area (Å²) in [4.78, 5) is 13.2. The maximum Gasteiger partial charge on any atom is 0.416 e. The molecule has 128 valence electrons. The van der Waals surface area contributed by atoms with Crippen LogP contribution in [0.3, 0.4) is 0 Å². The summed E-state index contributed by atoms with van der Waals surface area (Å²) < 4.78 is 38.3. The number of halogens is 4. The Bertz CT molecular complexity index is 923. The fraction of sp³-hybridized carbons (Fsp3) is 0.125. The number of carbonyl (C=O) groups excluding carboxylic acids is 1. The largest absolute Gasteiger partial charge is 0.416 e. The minimum Gasteiger partial charge on any atom is -0.292 e. The molecule has 0 unspecified atom stereocenters. The summed E-state index contributed by atoms with van der Waals surface area (Å²) in [6, 6.07) is 11.0. The summed E-state index contributed by atoms with van der Waals surface area (Å²) in [7, 11) is 0. The lowest BCUT2D eigenvalue weighted by Crippen LogP contribution is -2.13. The van der Waals surface area contributed by atoms with Gasteiger partial charge in [-0.2, -0.15) is 18.0 Å². The van der Waals surface area contributed by atoms with Gasteiger partial charge in [0.05, 0.1) is 5.56 Å². The molecule has 9 heteroatoms. The average molecular weight is 367 g/mol. The first-order valence-corrected chi connectivity index (χ1v) is 7.45. The number of rotatable bonds is 4. The molecule has 0 fully saturated rings. The maximum absolute atomic E-state index is 12.8. The summed E-state index contributed by atoms with van der Waals surface area (Å²) in [5.74, 6) is -0.291. The van der Waals surface area contributed by atoms with Gasteiger partial charge in [0, 0.05) is 16.1 Å². The summed E-state index contributed by atoms with van der Waals surface area (Å²) in [6.07, 6.45) is -4.46. The molecule has 3 aromatic rings. The molecule has 0 spiro atoms. The van der Waals surface area contributed by atoms with Crippen molar-refractivity contribution in [2.75, 3.05) is 0 Å². The van der Waals surface area contributed by atoms with Crippen LogP contribution in [0.2, 0.25) is 5.02 Å². The van der Waals surface area contributed by atoms with Crippen molar-refractivity contribution in [1.29, 1.82) is 0 Å². The third-order valence-corrected chi connectivity index (χ3v) is 3.57. The van der Waals surface area contributed by atoms with Crippen LogP contribution in [-0.2, 0) is 12.7 Å². The zero-order valence-corrected chi connectivity index (χ0v) is 13.3. The predicted molar refractivity (Wildman–Crippen MR) is 84.0 cm³/mol. The molecule has 1 heterocycles. The average Bonchev–Trinajstić information content (AvgIpc) is 3.03. The van der Waals surface area contributed by atoms with Gasteiger partial charge < -0.3 is 0 Å². The van der Waals surface area contributed by atoms with E-state index in [4.69, 9.17) is 11.6 Å². The van der Waals surface area contributed by atoms with Crippen molar-refractivity contribution < 1.29 is 18.0 Å². The second-order valence-electron chi connectivity index (χ2n) is 5.16. The van der Waals surface area contributed by atoms with E-state index in [0.29, 0.717) is 10.6 Å². The Morgan fingerprint density at radius 3 is 2.60 bits per heavy atom. The molecule has 0 aliphatic rings. The van der Waals surface area contributed by atoms with Crippen LogP contribution in [-0.4, -0.2) is 26.0 Å². The first-order valence-electron chi connectivity index (χ1n) is 7.07. The van der Waals surface area contributed by atoms with Gasteiger partial charge in [-0.25, -0.2) is 0 Å². The highest BCUT2D eigenvalue weighted by Gasteiger charge is 2.30. The minimum atomic E-state index is -4.46. The number of nitrogens with zero attached hydrogens (tertiary/aromatic N) is 4. The van der Waals surface area contributed by atoms with Gasteiger partial charge in [0.15, 0.2) is 5.78 Å². The maximum atomic E-state index is 12.8. The van der Waals surface area contributed by atoms with Crippen molar-refractivity contribution in [2.45, 2.75) is 12.7 Å². The van der Waals surface area contributed by atoms with Gasteiger partial charge in [-0.15, -0.1) is 10.2 Å². The van der Waals surface area contributed by atoms with Crippen LogP contribution in [0.5, 0.6) is 0 Å². The number of aromatic nitrogens is 4. The number of alkyl halides is 3. The Kier molecular flexibility index (Phi) is 4.54. The minimum absolute atomic E-state index is 0.00462. The van der Waals surface area contributed by atoms with E-state index < -0.39 is 11.7 Å². The lowest BCUT2D eigenvalue weighted by molar-refractivity contribution is -0.137. The lowest BCUT2D eigenvalue weighted by atomic mass is 10.1. The highest BCUT2D eigenvalue weighted by Crippen LogP contribution is 2.31. The molecule has 0 saturated carbocycles. The normalized spacial score (nSPS) is 11.5. The molecule has 25 heavy (non-hydrogen) atoms. The van der Waals surface area contributed by atoms with Crippen molar-refractivity contribution >= 4 is 17.4 Å². The molecule has 0 N–H and O–H groups in total. The second kappa shape index (κ2) is 6.64. The third-order valence-electron chi connectivity index (χ3n) is 3.33. The number of carbonyl (C=O) groups is 1. The highest BCUT2D eigenvalue weighted by atomic mass is 35.5. The smallest absolute Gasteiger partial charge is 0.292 e. The molecule has 0 atom stereocenters. The van der Waals surface area contributed by atoms with E-state index in [0.717, 1.165) is 16.9 Å². The first-order chi connectivity index (χ1) is 11.8. The van der Waals surface area contributed by atoms with E-state index in [1.165, 1.54) is 18.2 Å². The number of hydrogen-bond acceptors (Lipinski definition) is 4. The molecule has 2 aromatic carbocycles. The van der Waals surface area contributed by atoms with Crippen molar-refractivity contribution in [3.63, 3.8) is 0 Å². The van der Waals surface area contributed by atoms with Crippen LogP contribution in [0.15, 0.2) is 48.5 Å². The Morgan fingerprint density at radius 1 is 1.12 bits per heavy atom. The van der Waals surface area contributed by atoms with Gasteiger partial charge in [-0.3, -0.25) is 4.79 Å². The molecule has 0 saturated heterocycles. The van der Waals surface area contributed by atoms with Crippen molar-refractivity contribution in [1.82, 2.24) is 20.2 Å². The Labute approximate surface area is 145 Å². The van der Waals surface area contributed by atoms with Crippen LogP contribution in [0.1, 0.15) is 15.9 Å². The Morgan fingerprint density at radius 2 is 1.88 bits per heavy atom. The summed E-state index contributed by atoms with van der Waals surface area (Å²) in [6.45, 7) is -0.202. The van der Waals surface area contributed by atoms with Crippen LogP contribution in [0.25, 0.3) is 11.4 Å². The topological polar surface area (TPSA) is 60.7 Å². The standard InChI is InChI=1S/C16H10ClF3N4O/c17-13-6-2-3-10(8-13)14(25)9-24-22-15(21-23-24)11-4-1-5-12(7-11)16(18,19)20/h1-8H,9H2. The number of tetrazole rings is 1. The number of ketones is 1. The van der Waals surface area contributed by atoms with Crippen LogP contribution < -0.4 is 0 Å². The van der Waals surface area contributed by atoms with E-state index >= 15 is 0 Å². The number of benzene rings is 2. The fourth-order valence-corrected chi connectivity index (χ4v) is 2.33. The monoisotopic (exact) mass is 366 g/mol. The molecule has 0 amide bonds. The SMILES string of the molecule is O=C(Cn1nnc(-c2cccc(C(F)(F)F)c2)n1)c1cccc(Cl)c1. The Hall–Kier alpha value is -2.74. The van der Waals surface area contributed by atoms with E-state index in [-0.39, 0.29) is 23.7 Å². The van der Waals surface area contributed by atoms with Crippen molar-refractivity contribution in [2.24, 2.45) is 0 Å². The summed E-state index contributed by atoms with van der Waals surface area (Å²) in [5, 5.41) is 11.8. The van der Waals surface area contributed by atoms with Gasteiger partial charge in [-0.05, 0) is 29.5 Å². The molecule has 3 rings (SSSR count). The quantitative estimate of drug-likeness (QED) is 0.657. The van der Waals surface area contributed by atoms with Gasteiger partial charge in [0.1, 0.15) is 6.54 Å². The van der Waals surface area contributed by atoms with E-state index in [2.05, 4.69) is 15.4 Å². The fourth-order valence-electron chi connectivity index (χ4n) is 2.14. The Balaban J connectivity index is 1.80. The van der Waals surface area contributed by atoms with E-state index in [1.54, 1.807) is 18.2 Å². The molecule has 5 nitrogen and oxygen atoms in total. The molecule has 0 aliphatic carbocycles. The number of hydrogen-bond donors (Lipinski definition) is 0. The predicted octanol–water partition coefficient (Wildman–Crippen LogP) is 3.90. The third kappa shape index (κ3) is 4.03. The van der Waals surface area contributed by atoms with Crippen LogP contribution in [0, 0.1) is 0 Å². The summed E-state index contributed by atoms with van der Waals surface area (Å²) >= 11 is 5.83. The van der Waals surface area contributed by atoms with Crippen molar-refractivity contribution in [3.8, 4) is 11.4 Å². The van der Waals surface area contributed by atoms with Gasteiger partial charge >= 0.3 is 6.18 Å². The van der Waals surface area contributed by atoms with Gasteiger partial charge in [0.2, 0.25) is 5.82 Å². The highest BCUT2D eigenvalue weighted by molar-refractivity contribution is 6.31. The molecular formula is C16H10ClF3N4O.